The van der Waals surface area contributed by atoms with Crippen LogP contribution in [0.4, 0.5) is 0 Å². The zero-order valence-electron chi connectivity index (χ0n) is 12.9. The summed E-state index contributed by atoms with van der Waals surface area (Å²) in [6.07, 6.45) is 3.16. The Hall–Kier alpha value is -0.620. The van der Waals surface area contributed by atoms with Crippen LogP contribution >= 0.6 is 12.4 Å². The van der Waals surface area contributed by atoms with Crippen molar-refractivity contribution in [1.82, 2.24) is 4.31 Å². The smallest absolute Gasteiger partial charge is 0.242 e. The topological polar surface area (TPSA) is 63.4 Å². The van der Waals surface area contributed by atoms with Gasteiger partial charge in [-0.05, 0) is 54.5 Å². The second-order valence-electron chi connectivity index (χ2n) is 6.41. The molecule has 0 fully saturated rings. The molecule has 0 saturated heterocycles. The highest BCUT2D eigenvalue weighted by atomic mass is 35.5. The minimum absolute atomic E-state index is 0. The molecular weight excluding hydrogens is 308 g/mol. The van der Waals surface area contributed by atoms with Gasteiger partial charge >= 0.3 is 0 Å². The molecule has 0 heterocycles. The van der Waals surface area contributed by atoms with Crippen LogP contribution in [0.1, 0.15) is 31.4 Å². The third-order valence-corrected chi connectivity index (χ3v) is 5.78. The molecule has 1 aliphatic carbocycles. The number of nitrogens with zero attached hydrogens (tertiary/aromatic N) is 1. The predicted octanol–water partition coefficient (Wildman–Crippen LogP) is 2.20. The molecule has 0 aliphatic heterocycles. The summed E-state index contributed by atoms with van der Waals surface area (Å²) in [4.78, 5) is 0.397. The lowest BCUT2D eigenvalue weighted by Crippen LogP contribution is -2.39. The lowest BCUT2D eigenvalue weighted by molar-refractivity contribution is 0.292. The van der Waals surface area contributed by atoms with Gasteiger partial charge in [-0.2, -0.15) is 0 Å². The summed E-state index contributed by atoms with van der Waals surface area (Å²) in [5.41, 5.74) is 7.93. The van der Waals surface area contributed by atoms with Crippen molar-refractivity contribution in [3.63, 3.8) is 0 Å². The van der Waals surface area contributed by atoms with Gasteiger partial charge in [0.05, 0.1) is 4.90 Å². The van der Waals surface area contributed by atoms with E-state index >= 15 is 0 Å². The fourth-order valence-electron chi connectivity index (χ4n) is 2.64. The van der Waals surface area contributed by atoms with Gasteiger partial charge in [0.25, 0.3) is 0 Å². The van der Waals surface area contributed by atoms with E-state index in [1.54, 1.807) is 13.1 Å². The summed E-state index contributed by atoms with van der Waals surface area (Å²) < 4.78 is 26.6. The molecule has 0 saturated carbocycles. The first kappa shape index (κ1) is 18.4. The van der Waals surface area contributed by atoms with Crippen molar-refractivity contribution < 1.29 is 8.42 Å². The molecule has 0 atom stereocenters. The van der Waals surface area contributed by atoms with Gasteiger partial charge in [-0.1, -0.05) is 19.9 Å². The normalized spacial score (nSPS) is 14.9. The van der Waals surface area contributed by atoms with Crippen molar-refractivity contribution in [3.8, 4) is 0 Å². The number of hydrogen-bond donors (Lipinski definition) is 1. The number of hydrogen-bond acceptors (Lipinski definition) is 3. The minimum Gasteiger partial charge on any atom is -0.330 e. The number of sulfonamides is 1. The highest BCUT2D eigenvalue weighted by molar-refractivity contribution is 7.89. The Bertz CT molecular complexity index is 600. The average molecular weight is 333 g/mol. The van der Waals surface area contributed by atoms with Crippen LogP contribution in [0.25, 0.3) is 0 Å². The average Bonchev–Trinajstić information content (AvgIpc) is 2.85. The summed E-state index contributed by atoms with van der Waals surface area (Å²) in [5, 5.41) is 0. The minimum atomic E-state index is -3.43. The maximum atomic E-state index is 12.6. The van der Waals surface area contributed by atoms with Gasteiger partial charge < -0.3 is 5.73 Å². The highest BCUT2D eigenvalue weighted by Gasteiger charge is 2.28. The second-order valence-corrected chi connectivity index (χ2v) is 8.46. The first-order chi connectivity index (χ1) is 9.26. The van der Waals surface area contributed by atoms with Gasteiger partial charge in [-0.15, -0.1) is 12.4 Å². The zero-order chi connectivity index (χ0) is 15.0. The lowest BCUT2D eigenvalue weighted by Gasteiger charge is -2.28. The van der Waals surface area contributed by atoms with Gasteiger partial charge in [0.15, 0.2) is 0 Å². The van der Waals surface area contributed by atoms with Gasteiger partial charge in [-0.25, -0.2) is 12.7 Å². The summed E-state index contributed by atoms with van der Waals surface area (Å²) in [7, 11) is -1.80. The van der Waals surface area contributed by atoms with Crippen molar-refractivity contribution in [2.45, 2.75) is 38.0 Å². The van der Waals surface area contributed by atoms with Crippen LogP contribution < -0.4 is 5.73 Å². The number of rotatable bonds is 5. The van der Waals surface area contributed by atoms with Gasteiger partial charge in [0.1, 0.15) is 0 Å². The van der Waals surface area contributed by atoms with Crippen molar-refractivity contribution in [2.75, 3.05) is 20.1 Å². The van der Waals surface area contributed by atoms with Crippen LogP contribution in [-0.2, 0) is 22.9 Å². The van der Waals surface area contributed by atoms with E-state index < -0.39 is 10.0 Å². The van der Waals surface area contributed by atoms with Gasteiger partial charge in [0.2, 0.25) is 10.0 Å². The predicted molar refractivity (Wildman–Crippen MR) is 88.4 cm³/mol. The third kappa shape index (κ3) is 3.97. The number of aryl methyl sites for hydroxylation is 2. The largest absolute Gasteiger partial charge is 0.330 e. The van der Waals surface area contributed by atoms with E-state index in [4.69, 9.17) is 5.73 Å². The molecular formula is C15H25ClN2O2S. The quantitative estimate of drug-likeness (QED) is 0.899. The number of benzene rings is 1. The van der Waals surface area contributed by atoms with Crippen LogP contribution in [-0.4, -0.2) is 32.9 Å². The molecule has 2 N–H and O–H groups in total. The Labute approximate surface area is 134 Å². The first-order valence-corrected chi connectivity index (χ1v) is 8.48. The van der Waals surface area contributed by atoms with Gasteiger partial charge in [-0.3, -0.25) is 0 Å². The molecule has 1 aromatic rings. The molecule has 0 bridgehead atoms. The molecule has 6 heteroatoms. The maximum absolute atomic E-state index is 12.6. The molecule has 120 valence electrons. The van der Waals surface area contributed by atoms with Crippen LogP contribution in [0, 0.1) is 5.41 Å². The fraction of sp³-hybridized carbons (Fsp3) is 0.600. The highest BCUT2D eigenvalue weighted by Crippen LogP contribution is 2.27. The van der Waals surface area contributed by atoms with Crippen molar-refractivity contribution in [2.24, 2.45) is 11.1 Å². The molecule has 0 aromatic heterocycles. The van der Waals surface area contributed by atoms with E-state index in [1.165, 1.54) is 15.4 Å². The van der Waals surface area contributed by atoms with Gasteiger partial charge in [0, 0.05) is 13.6 Å². The van der Waals surface area contributed by atoms with Crippen LogP contribution in [0.2, 0.25) is 0 Å². The SMILES string of the molecule is CN(CC(C)(C)CN)S(=O)(=O)c1ccc2c(c1)CCC2.Cl. The number of halogens is 1. The van der Waals surface area contributed by atoms with E-state index in [-0.39, 0.29) is 17.8 Å². The van der Waals surface area contributed by atoms with E-state index in [0.29, 0.717) is 18.0 Å². The molecule has 0 radical (unpaired) electrons. The Kier molecular flexibility index (Phi) is 5.83. The third-order valence-electron chi connectivity index (χ3n) is 3.98. The summed E-state index contributed by atoms with van der Waals surface area (Å²) in [5.74, 6) is 0. The molecule has 1 aliphatic rings. The number of fused-ring (bicyclic) bond motifs is 1. The van der Waals surface area contributed by atoms with E-state index in [1.807, 2.05) is 26.0 Å². The Morgan fingerprint density at radius 2 is 1.86 bits per heavy atom. The summed E-state index contributed by atoms with van der Waals surface area (Å²) in [6, 6.07) is 5.52. The lowest BCUT2D eigenvalue weighted by atomic mass is 9.94. The van der Waals surface area contributed by atoms with Crippen molar-refractivity contribution in [3.05, 3.63) is 29.3 Å². The molecule has 1 aromatic carbocycles. The zero-order valence-corrected chi connectivity index (χ0v) is 14.6. The standard InChI is InChI=1S/C15H24N2O2S.ClH/c1-15(2,10-16)11-17(3)20(18,19)14-8-7-12-5-4-6-13(12)9-14;/h7-9H,4-6,10-11,16H2,1-3H3;1H. The maximum Gasteiger partial charge on any atom is 0.242 e. The Morgan fingerprint density at radius 3 is 2.48 bits per heavy atom. The Balaban J connectivity index is 0.00000220. The number of nitrogens with two attached hydrogens (primary N) is 1. The molecule has 2 rings (SSSR count). The van der Waals surface area contributed by atoms with E-state index in [2.05, 4.69) is 0 Å². The molecule has 0 amide bonds. The molecule has 4 nitrogen and oxygen atoms in total. The molecule has 21 heavy (non-hydrogen) atoms. The van der Waals surface area contributed by atoms with Crippen LogP contribution in [0.15, 0.2) is 23.1 Å². The first-order valence-electron chi connectivity index (χ1n) is 7.04. The summed E-state index contributed by atoms with van der Waals surface area (Å²) in [6.45, 7) is 4.82. The molecule has 0 unspecified atom stereocenters. The second kappa shape index (κ2) is 6.65. The summed E-state index contributed by atoms with van der Waals surface area (Å²) >= 11 is 0. The van der Waals surface area contributed by atoms with E-state index in [0.717, 1.165) is 19.3 Å². The van der Waals surface area contributed by atoms with Crippen LogP contribution in [0.3, 0.4) is 0 Å². The van der Waals surface area contributed by atoms with Crippen molar-refractivity contribution >= 4 is 22.4 Å². The molecule has 0 spiro atoms. The van der Waals surface area contributed by atoms with Crippen LogP contribution in [0.5, 0.6) is 0 Å². The van der Waals surface area contributed by atoms with E-state index in [9.17, 15) is 8.42 Å². The van der Waals surface area contributed by atoms with Crippen molar-refractivity contribution in [1.29, 1.82) is 0 Å². The monoisotopic (exact) mass is 332 g/mol. The fourth-order valence-corrected chi connectivity index (χ4v) is 4.05. The Morgan fingerprint density at radius 1 is 1.24 bits per heavy atom.